The summed E-state index contributed by atoms with van der Waals surface area (Å²) >= 11 is 0. The molecule has 0 aliphatic carbocycles. The van der Waals surface area contributed by atoms with E-state index in [1.54, 1.807) is 13.2 Å². The van der Waals surface area contributed by atoms with Gasteiger partial charge in [-0.25, -0.2) is 8.42 Å². The maximum absolute atomic E-state index is 11.5. The average Bonchev–Trinajstić information content (AvgIpc) is 2.80. The second-order valence-corrected chi connectivity index (χ2v) is 7.33. The summed E-state index contributed by atoms with van der Waals surface area (Å²) in [6.07, 6.45) is 4.18. The van der Waals surface area contributed by atoms with Gasteiger partial charge in [0.1, 0.15) is 15.6 Å². The molecule has 0 saturated carbocycles. The van der Waals surface area contributed by atoms with Crippen LogP contribution in [-0.2, 0) is 9.84 Å². The zero-order chi connectivity index (χ0) is 14.3. The topological polar surface area (TPSA) is 59.3 Å². The van der Waals surface area contributed by atoms with Crippen LogP contribution in [-0.4, -0.2) is 26.5 Å². The predicted molar refractivity (Wildman–Crippen MR) is 78.0 cm³/mol. The standard InChI is InChI=1S/C14H25NO3S/c1-4-9-15-13(14-12(3)8-10-18-14)7-6-11-19(16,17)5-2/h8,10,13,15H,4-7,9,11H2,1-3H3. The summed E-state index contributed by atoms with van der Waals surface area (Å²) < 4.78 is 28.5. The Labute approximate surface area is 116 Å². The molecular formula is C14H25NO3S. The van der Waals surface area contributed by atoms with Gasteiger partial charge in [0.25, 0.3) is 0 Å². The predicted octanol–water partition coefficient (Wildman–Crippen LogP) is 2.84. The zero-order valence-corrected chi connectivity index (χ0v) is 12.9. The Morgan fingerprint density at radius 3 is 2.63 bits per heavy atom. The van der Waals surface area contributed by atoms with E-state index < -0.39 is 9.84 Å². The van der Waals surface area contributed by atoms with Gasteiger partial charge < -0.3 is 9.73 Å². The van der Waals surface area contributed by atoms with Gasteiger partial charge in [-0.15, -0.1) is 0 Å². The van der Waals surface area contributed by atoms with Crippen molar-refractivity contribution in [3.63, 3.8) is 0 Å². The van der Waals surface area contributed by atoms with Crippen LogP contribution in [0.3, 0.4) is 0 Å². The number of furan rings is 1. The molecule has 0 spiro atoms. The van der Waals surface area contributed by atoms with Gasteiger partial charge >= 0.3 is 0 Å². The molecule has 1 unspecified atom stereocenters. The lowest BCUT2D eigenvalue weighted by Crippen LogP contribution is -2.23. The van der Waals surface area contributed by atoms with Crippen LogP contribution < -0.4 is 5.32 Å². The maximum Gasteiger partial charge on any atom is 0.150 e. The molecule has 1 N–H and O–H groups in total. The van der Waals surface area contributed by atoms with Gasteiger partial charge in [0.2, 0.25) is 0 Å². The van der Waals surface area contributed by atoms with Crippen LogP contribution in [0, 0.1) is 6.92 Å². The number of rotatable bonds is 9. The summed E-state index contributed by atoms with van der Waals surface area (Å²) in [4.78, 5) is 0. The first-order valence-electron chi connectivity index (χ1n) is 6.98. The van der Waals surface area contributed by atoms with Crippen molar-refractivity contribution in [2.45, 2.75) is 46.1 Å². The van der Waals surface area contributed by atoms with E-state index in [0.717, 1.165) is 30.7 Å². The molecule has 0 saturated heterocycles. The molecule has 1 aromatic rings. The first kappa shape index (κ1) is 16.2. The summed E-state index contributed by atoms with van der Waals surface area (Å²) in [6, 6.07) is 2.06. The van der Waals surface area contributed by atoms with Gasteiger partial charge in [0.15, 0.2) is 0 Å². The smallest absolute Gasteiger partial charge is 0.150 e. The normalized spacial score (nSPS) is 13.6. The summed E-state index contributed by atoms with van der Waals surface area (Å²) in [5.74, 6) is 1.41. The van der Waals surface area contributed by atoms with E-state index in [9.17, 15) is 8.42 Å². The molecular weight excluding hydrogens is 262 g/mol. The lowest BCUT2D eigenvalue weighted by molar-refractivity contribution is 0.391. The van der Waals surface area contributed by atoms with Crippen LogP contribution in [0.1, 0.15) is 50.5 Å². The molecule has 0 fully saturated rings. The Kier molecular flexibility index (Phi) is 6.58. The number of nitrogens with one attached hydrogen (secondary N) is 1. The highest BCUT2D eigenvalue weighted by molar-refractivity contribution is 7.91. The van der Waals surface area contributed by atoms with Crippen LogP contribution in [0.15, 0.2) is 16.7 Å². The number of sulfone groups is 1. The fourth-order valence-electron chi connectivity index (χ4n) is 2.04. The van der Waals surface area contributed by atoms with Crippen molar-refractivity contribution in [1.29, 1.82) is 0 Å². The SMILES string of the molecule is CCCNC(CCCS(=O)(=O)CC)c1occc1C. The molecule has 0 bridgehead atoms. The van der Waals surface area contributed by atoms with Crippen molar-refractivity contribution in [2.75, 3.05) is 18.1 Å². The second kappa shape index (κ2) is 7.70. The summed E-state index contributed by atoms with van der Waals surface area (Å²) in [7, 11) is -2.87. The Bertz CT molecular complexity index is 465. The first-order chi connectivity index (χ1) is 9.00. The second-order valence-electron chi connectivity index (χ2n) is 4.85. The molecule has 0 amide bonds. The van der Waals surface area contributed by atoms with Crippen LogP contribution in [0.25, 0.3) is 0 Å². The largest absolute Gasteiger partial charge is 0.467 e. The highest BCUT2D eigenvalue weighted by Crippen LogP contribution is 2.23. The minimum absolute atomic E-state index is 0.113. The Morgan fingerprint density at radius 2 is 2.11 bits per heavy atom. The third-order valence-corrected chi connectivity index (χ3v) is 5.04. The minimum Gasteiger partial charge on any atom is -0.467 e. The van der Waals surface area contributed by atoms with Gasteiger partial charge in [-0.05, 0) is 44.4 Å². The monoisotopic (exact) mass is 287 g/mol. The van der Waals surface area contributed by atoms with Crippen LogP contribution >= 0.6 is 0 Å². The highest BCUT2D eigenvalue weighted by atomic mass is 32.2. The van der Waals surface area contributed by atoms with Crippen molar-refractivity contribution in [3.8, 4) is 0 Å². The maximum atomic E-state index is 11.5. The van der Waals surface area contributed by atoms with Crippen molar-refractivity contribution >= 4 is 9.84 Å². The quantitative estimate of drug-likeness (QED) is 0.758. The molecule has 5 heteroatoms. The average molecular weight is 287 g/mol. The molecule has 0 radical (unpaired) electrons. The molecule has 110 valence electrons. The van der Waals surface area contributed by atoms with Gasteiger partial charge in [-0.1, -0.05) is 13.8 Å². The van der Waals surface area contributed by atoms with Gasteiger partial charge in [-0.3, -0.25) is 0 Å². The van der Waals surface area contributed by atoms with Gasteiger partial charge in [0.05, 0.1) is 18.1 Å². The number of aryl methyl sites for hydroxylation is 1. The highest BCUT2D eigenvalue weighted by Gasteiger charge is 2.17. The number of hydrogen-bond acceptors (Lipinski definition) is 4. The molecule has 19 heavy (non-hydrogen) atoms. The third kappa shape index (κ3) is 5.37. The molecule has 1 rings (SSSR count). The zero-order valence-electron chi connectivity index (χ0n) is 12.1. The fourth-order valence-corrected chi connectivity index (χ4v) is 2.93. The van der Waals surface area contributed by atoms with Gasteiger partial charge in [-0.2, -0.15) is 0 Å². The molecule has 4 nitrogen and oxygen atoms in total. The Morgan fingerprint density at radius 1 is 1.37 bits per heavy atom. The minimum atomic E-state index is -2.87. The lowest BCUT2D eigenvalue weighted by Gasteiger charge is -2.17. The summed E-state index contributed by atoms with van der Waals surface area (Å²) in [6.45, 7) is 6.73. The van der Waals surface area contributed by atoms with E-state index in [1.165, 1.54) is 0 Å². The van der Waals surface area contributed by atoms with Crippen molar-refractivity contribution in [3.05, 3.63) is 23.7 Å². The van der Waals surface area contributed by atoms with E-state index in [2.05, 4.69) is 12.2 Å². The van der Waals surface area contributed by atoms with E-state index in [0.29, 0.717) is 6.42 Å². The van der Waals surface area contributed by atoms with Crippen LogP contribution in [0.2, 0.25) is 0 Å². The number of hydrogen-bond donors (Lipinski definition) is 1. The van der Waals surface area contributed by atoms with E-state index in [-0.39, 0.29) is 17.5 Å². The molecule has 0 aromatic carbocycles. The van der Waals surface area contributed by atoms with Crippen molar-refractivity contribution in [1.82, 2.24) is 5.32 Å². The molecule has 1 heterocycles. The third-order valence-electron chi connectivity index (χ3n) is 3.25. The Balaban J connectivity index is 2.59. The van der Waals surface area contributed by atoms with Crippen LogP contribution in [0.5, 0.6) is 0 Å². The molecule has 0 aliphatic heterocycles. The van der Waals surface area contributed by atoms with E-state index >= 15 is 0 Å². The summed E-state index contributed by atoms with van der Waals surface area (Å²) in [5, 5.41) is 3.43. The first-order valence-corrected chi connectivity index (χ1v) is 8.80. The van der Waals surface area contributed by atoms with Crippen LogP contribution in [0.4, 0.5) is 0 Å². The van der Waals surface area contributed by atoms with Crippen molar-refractivity contribution < 1.29 is 12.8 Å². The van der Waals surface area contributed by atoms with E-state index in [4.69, 9.17) is 4.42 Å². The summed E-state index contributed by atoms with van der Waals surface area (Å²) in [5.41, 5.74) is 1.12. The molecule has 0 aliphatic rings. The Hall–Kier alpha value is -0.810. The lowest BCUT2D eigenvalue weighted by atomic mass is 10.1. The fraction of sp³-hybridized carbons (Fsp3) is 0.714. The molecule has 1 aromatic heterocycles. The van der Waals surface area contributed by atoms with Gasteiger partial charge in [0, 0.05) is 5.75 Å². The molecule has 1 atom stereocenters. The van der Waals surface area contributed by atoms with Crippen molar-refractivity contribution in [2.24, 2.45) is 0 Å². The van der Waals surface area contributed by atoms with E-state index in [1.807, 2.05) is 13.0 Å².